The van der Waals surface area contributed by atoms with Crippen molar-refractivity contribution in [3.63, 3.8) is 0 Å². The van der Waals surface area contributed by atoms with Crippen molar-refractivity contribution in [1.82, 2.24) is 15.1 Å². The number of piperazine rings is 1. The summed E-state index contributed by atoms with van der Waals surface area (Å²) in [5.74, 6) is 2.56. The molecule has 0 saturated carbocycles. The van der Waals surface area contributed by atoms with E-state index in [1.807, 2.05) is 16.7 Å². The van der Waals surface area contributed by atoms with Gasteiger partial charge in [-0.05, 0) is 5.56 Å². The highest BCUT2D eigenvalue weighted by Gasteiger charge is 2.24. The molecular weight excluding hydrogens is 294 g/mol. The summed E-state index contributed by atoms with van der Waals surface area (Å²) in [6.07, 6.45) is 0.658. The summed E-state index contributed by atoms with van der Waals surface area (Å²) in [6, 6.07) is 10.9. The summed E-state index contributed by atoms with van der Waals surface area (Å²) >= 11 is 1.95. The minimum Gasteiger partial charge on any atom is -0.340 e. The molecule has 2 saturated heterocycles. The molecule has 1 N–H and O–H groups in total. The minimum atomic E-state index is 0.319. The van der Waals surface area contributed by atoms with Gasteiger partial charge in [0.15, 0.2) is 0 Å². The lowest BCUT2D eigenvalue weighted by atomic mass is 10.1. The van der Waals surface area contributed by atoms with Gasteiger partial charge in [-0.1, -0.05) is 30.3 Å². The van der Waals surface area contributed by atoms with Crippen LogP contribution in [0, 0.1) is 0 Å². The summed E-state index contributed by atoms with van der Waals surface area (Å²) in [4.78, 5) is 16.9. The molecule has 1 amide bonds. The van der Waals surface area contributed by atoms with E-state index in [9.17, 15) is 4.79 Å². The van der Waals surface area contributed by atoms with Gasteiger partial charge in [-0.15, -0.1) is 0 Å². The molecule has 2 fully saturated rings. The zero-order valence-electron chi connectivity index (χ0n) is 13.0. The maximum atomic E-state index is 12.4. The average Bonchev–Trinajstić information content (AvgIpc) is 2.57. The van der Waals surface area contributed by atoms with Crippen LogP contribution in [0.1, 0.15) is 12.0 Å². The molecule has 0 radical (unpaired) electrons. The molecular formula is C17H25N3OS. The fourth-order valence-electron chi connectivity index (χ4n) is 3.09. The van der Waals surface area contributed by atoms with E-state index in [1.54, 1.807) is 0 Å². The topological polar surface area (TPSA) is 35.6 Å². The van der Waals surface area contributed by atoms with Crippen LogP contribution in [0.2, 0.25) is 0 Å². The molecule has 2 aliphatic heterocycles. The smallest absolute Gasteiger partial charge is 0.224 e. The number of hydrogen-bond donors (Lipinski definition) is 1. The van der Waals surface area contributed by atoms with Crippen LogP contribution in [-0.4, -0.2) is 66.0 Å². The van der Waals surface area contributed by atoms with E-state index in [0.717, 1.165) is 45.0 Å². The molecule has 120 valence electrons. The lowest BCUT2D eigenvalue weighted by Crippen LogP contribution is -2.50. The molecule has 1 atom stereocenters. The standard InChI is InChI=1S/C17H25N3OS/c21-17(12-16-14-22-11-6-18-16)20-9-7-19(8-10-20)13-15-4-2-1-3-5-15/h1-5,16,18H,6-14H2. The zero-order chi connectivity index (χ0) is 15.2. The number of amides is 1. The second-order valence-corrected chi connectivity index (χ2v) is 7.22. The van der Waals surface area contributed by atoms with Crippen molar-refractivity contribution in [1.29, 1.82) is 0 Å². The van der Waals surface area contributed by atoms with Gasteiger partial charge in [-0.2, -0.15) is 11.8 Å². The van der Waals surface area contributed by atoms with E-state index >= 15 is 0 Å². The molecule has 0 bridgehead atoms. The summed E-state index contributed by atoms with van der Waals surface area (Å²) in [6.45, 7) is 5.72. The van der Waals surface area contributed by atoms with E-state index < -0.39 is 0 Å². The fourth-order valence-corrected chi connectivity index (χ4v) is 4.04. The van der Waals surface area contributed by atoms with E-state index in [2.05, 4.69) is 40.5 Å². The zero-order valence-corrected chi connectivity index (χ0v) is 13.9. The van der Waals surface area contributed by atoms with Crippen LogP contribution in [0.25, 0.3) is 0 Å². The third-order valence-electron chi connectivity index (χ3n) is 4.39. The highest BCUT2D eigenvalue weighted by atomic mass is 32.2. The van der Waals surface area contributed by atoms with Crippen LogP contribution in [0.15, 0.2) is 30.3 Å². The number of nitrogens with one attached hydrogen (secondary N) is 1. The first kappa shape index (κ1) is 15.8. The highest BCUT2D eigenvalue weighted by Crippen LogP contribution is 2.13. The first-order valence-corrected chi connectivity index (χ1v) is 9.32. The average molecular weight is 319 g/mol. The van der Waals surface area contributed by atoms with Crippen LogP contribution >= 0.6 is 11.8 Å². The Labute approximate surface area is 137 Å². The predicted octanol–water partition coefficient (Wildman–Crippen LogP) is 1.43. The summed E-state index contributed by atoms with van der Waals surface area (Å²) in [5, 5.41) is 3.45. The van der Waals surface area contributed by atoms with Gasteiger partial charge >= 0.3 is 0 Å². The Bertz CT molecular complexity index is 468. The van der Waals surface area contributed by atoms with Crippen molar-refractivity contribution in [3.05, 3.63) is 35.9 Å². The van der Waals surface area contributed by atoms with E-state index in [0.29, 0.717) is 18.4 Å². The van der Waals surface area contributed by atoms with Crippen LogP contribution in [0.5, 0.6) is 0 Å². The molecule has 22 heavy (non-hydrogen) atoms. The fraction of sp³-hybridized carbons (Fsp3) is 0.588. The van der Waals surface area contributed by atoms with Crippen molar-refractivity contribution in [3.8, 4) is 0 Å². The third-order valence-corrected chi connectivity index (χ3v) is 5.52. The van der Waals surface area contributed by atoms with Gasteiger partial charge in [0.25, 0.3) is 0 Å². The molecule has 3 rings (SSSR count). The van der Waals surface area contributed by atoms with Gasteiger partial charge in [0, 0.05) is 63.2 Å². The molecule has 4 nitrogen and oxygen atoms in total. The number of benzene rings is 1. The largest absolute Gasteiger partial charge is 0.340 e. The summed E-state index contributed by atoms with van der Waals surface area (Å²) < 4.78 is 0. The molecule has 0 aromatic heterocycles. The number of carbonyl (C=O) groups excluding carboxylic acids is 1. The minimum absolute atomic E-state index is 0.319. The second-order valence-electron chi connectivity index (χ2n) is 6.07. The molecule has 0 spiro atoms. The quantitative estimate of drug-likeness (QED) is 0.911. The van der Waals surface area contributed by atoms with Gasteiger partial charge < -0.3 is 10.2 Å². The Morgan fingerprint density at radius 3 is 2.64 bits per heavy atom. The molecule has 0 aliphatic carbocycles. The van der Waals surface area contributed by atoms with Crippen molar-refractivity contribution in [2.75, 3.05) is 44.2 Å². The third kappa shape index (κ3) is 4.48. The number of nitrogens with zero attached hydrogens (tertiary/aromatic N) is 2. The number of carbonyl (C=O) groups is 1. The van der Waals surface area contributed by atoms with Gasteiger partial charge in [0.1, 0.15) is 0 Å². The Hall–Kier alpha value is -1.04. The van der Waals surface area contributed by atoms with E-state index in [-0.39, 0.29) is 0 Å². The van der Waals surface area contributed by atoms with Crippen LogP contribution in [0.4, 0.5) is 0 Å². The van der Waals surface area contributed by atoms with Crippen LogP contribution in [-0.2, 0) is 11.3 Å². The Morgan fingerprint density at radius 1 is 1.18 bits per heavy atom. The SMILES string of the molecule is O=C(CC1CSCCN1)N1CCN(Cc2ccccc2)CC1. The second kappa shape index (κ2) is 7.99. The van der Waals surface area contributed by atoms with Gasteiger partial charge in [-0.3, -0.25) is 9.69 Å². The molecule has 2 heterocycles. The number of thioether (sulfide) groups is 1. The first-order chi connectivity index (χ1) is 10.8. The normalized spacial score (nSPS) is 23.5. The maximum absolute atomic E-state index is 12.4. The van der Waals surface area contributed by atoms with Gasteiger partial charge in [-0.25, -0.2) is 0 Å². The van der Waals surface area contributed by atoms with Gasteiger partial charge in [0.2, 0.25) is 5.91 Å². The van der Waals surface area contributed by atoms with Crippen molar-refractivity contribution >= 4 is 17.7 Å². The monoisotopic (exact) mass is 319 g/mol. The Morgan fingerprint density at radius 2 is 1.95 bits per heavy atom. The number of hydrogen-bond acceptors (Lipinski definition) is 4. The highest BCUT2D eigenvalue weighted by molar-refractivity contribution is 7.99. The molecule has 5 heteroatoms. The van der Waals surface area contributed by atoms with Crippen LogP contribution < -0.4 is 5.32 Å². The Kier molecular flexibility index (Phi) is 5.76. The van der Waals surface area contributed by atoms with Crippen molar-refractivity contribution in [2.24, 2.45) is 0 Å². The first-order valence-electron chi connectivity index (χ1n) is 8.16. The summed E-state index contributed by atoms with van der Waals surface area (Å²) in [5.41, 5.74) is 1.35. The molecule has 1 aromatic rings. The van der Waals surface area contributed by atoms with Crippen molar-refractivity contribution < 1.29 is 4.79 Å². The Balaban J connectivity index is 1.42. The lowest BCUT2D eigenvalue weighted by Gasteiger charge is -2.35. The van der Waals surface area contributed by atoms with Crippen molar-refractivity contribution in [2.45, 2.75) is 19.0 Å². The van der Waals surface area contributed by atoms with Gasteiger partial charge in [0.05, 0.1) is 0 Å². The number of rotatable bonds is 4. The van der Waals surface area contributed by atoms with Crippen LogP contribution in [0.3, 0.4) is 0 Å². The maximum Gasteiger partial charge on any atom is 0.224 e. The predicted molar refractivity (Wildman–Crippen MR) is 92.0 cm³/mol. The summed E-state index contributed by atoms with van der Waals surface area (Å²) in [7, 11) is 0. The molecule has 2 aliphatic rings. The molecule has 1 aromatic carbocycles. The van der Waals surface area contributed by atoms with E-state index in [1.165, 1.54) is 11.3 Å². The van der Waals surface area contributed by atoms with E-state index in [4.69, 9.17) is 0 Å². The molecule has 1 unspecified atom stereocenters. The lowest BCUT2D eigenvalue weighted by molar-refractivity contribution is -0.133.